The molecule has 162 valence electrons. The van der Waals surface area contributed by atoms with Crippen LogP contribution in [0.3, 0.4) is 0 Å². The zero-order chi connectivity index (χ0) is 21.7. The van der Waals surface area contributed by atoms with Gasteiger partial charge in [0.25, 0.3) is 11.5 Å². The molecule has 0 radical (unpaired) electrons. The quantitative estimate of drug-likeness (QED) is 0.708. The van der Waals surface area contributed by atoms with Crippen molar-refractivity contribution in [3.8, 4) is 0 Å². The van der Waals surface area contributed by atoms with Crippen LogP contribution < -0.4 is 16.4 Å². The highest BCUT2D eigenvalue weighted by Crippen LogP contribution is 2.22. The number of carbonyl (C=O) groups is 2. The maximum absolute atomic E-state index is 12.7. The van der Waals surface area contributed by atoms with Crippen LogP contribution in [0.15, 0.2) is 29.1 Å². The number of amides is 2. The molecule has 0 aliphatic carbocycles. The number of fused-ring (bicyclic) bond motifs is 1. The van der Waals surface area contributed by atoms with E-state index in [4.69, 9.17) is 0 Å². The first-order chi connectivity index (χ1) is 14.4. The molecule has 2 aromatic rings. The van der Waals surface area contributed by atoms with Crippen LogP contribution in [0.4, 0.5) is 0 Å². The van der Waals surface area contributed by atoms with Crippen LogP contribution in [0, 0.1) is 0 Å². The van der Waals surface area contributed by atoms with Crippen LogP contribution >= 0.6 is 0 Å². The number of hydrazine groups is 1. The molecule has 2 N–H and O–H groups in total. The van der Waals surface area contributed by atoms with Gasteiger partial charge in [-0.3, -0.25) is 30.1 Å². The summed E-state index contributed by atoms with van der Waals surface area (Å²) in [5, 5.41) is 5.15. The summed E-state index contributed by atoms with van der Waals surface area (Å²) in [6, 6.07) is 7.81. The van der Waals surface area contributed by atoms with Crippen molar-refractivity contribution in [1.82, 2.24) is 25.5 Å². The minimum Gasteiger partial charge on any atom is -0.297 e. The topological polar surface area (TPSA) is 96.3 Å². The maximum atomic E-state index is 12.7. The van der Waals surface area contributed by atoms with Gasteiger partial charge in [-0.25, -0.2) is 4.68 Å². The van der Waals surface area contributed by atoms with Crippen molar-refractivity contribution in [3.63, 3.8) is 0 Å². The van der Waals surface area contributed by atoms with Gasteiger partial charge in [-0.05, 0) is 39.2 Å². The Hall–Kier alpha value is -2.74. The van der Waals surface area contributed by atoms with Crippen molar-refractivity contribution in [2.45, 2.75) is 71.5 Å². The lowest BCUT2D eigenvalue weighted by atomic mass is 9.97. The van der Waals surface area contributed by atoms with Gasteiger partial charge in [-0.1, -0.05) is 31.5 Å². The average molecular weight is 414 g/mol. The lowest BCUT2D eigenvalue weighted by molar-refractivity contribution is -0.122. The molecule has 0 saturated carbocycles. The predicted octanol–water partition coefficient (Wildman–Crippen LogP) is 2.22. The number of nitrogens with zero attached hydrogens (tertiary/aromatic N) is 3. The Kier molecular flexibility index (Phi) is 7.20. The van der Waals surface area contributed by atoms with E-state index in [2.05, 4.69) is 34.7 Å². The van der Waals surface area contributed by atoms with E-state index in [1.165, 1.54) is 11.1 Å². The molecule has 1 aliphatic heterocycles. The van der Waals surface area contributed by atoms with E-state index in [0.29, 0.717) is 42.4 Å². The number of likely N-dealkylation sites (tertiary alicyclic amines) is 1. The zero-order valence-electron chi connectivity index (χ0n) is 18.0. The minimum atomic E-state index is -0.538. The van der Waals surface area contributed by atoms with Crippen LogP contribution in [0.1, 0.15) is 63.4 Å². The average Bonchev–Trinajstić information content (AvgIpc) is 2.74. The van der Waals surface area contributed by atoms with Gasteiger partial charge in [-0.15, -0.1) is 0 Å². The molecule has 1 aromatic carbocycles. The molecule has 30 heavy (non-hydrogen) atoms. The van der Waals surface area contributed by atoms with Gasteiger partial charge in [0.1, 0.15) is 0 Å². The first-order valence-corrected chi connectivity index (χ1v) is 10.8. The molecule has 0 spiro atoms. The Morgan fingerprint density at radius 1 is 1.07 bits per heavy atom. The summed E-state index contributed by atoms with van der Waals surface area (Å²) in [6.45, 7) is 7.40. The highest BCUT2D eigenvalue weighted by atomic mass is 16.2. The number of aromatic nitrogens is 2. The summed E-state index contributed by atoms with van der Waals surface area (Å²) < 4.78 is 1.30. The Morgan fingerprint density at radius 3 is 2.40 bits per heavy atom. The fourth-order valence-electron chi connectivity index (χ4n) is 4.16. The molecule has 1 saturated heterocycles. The number of aryl methyl sites for hydroxylation is 1. The first kappa shape index (κ1) is 22.0. The van der Waals surface area contributed by atoms with Crippen LogP contribution in [-0.4, -0.2) is 45.1 Å². The fraction of sp³-hybridized carbons (Fsp3) is 0.545. The van der Waals surface area contributed by atoms with E-state index in [-0.39, 0.29) is 17.2 Å². The van der Waals surface area contributed by atoms with Crippen molar-refractivity contribution >= 4 is 22.6 Å². The molecule has 8 heteroatoms. The highest BCUT2D eigenvalue weighted by molar-refractivity contribution is 6.05. The molecule has 2 amide bonds. The Morgan fingerprint density at radius 2 is 1.73 bits per heavy atom. The standard InChI is InChI=1S/C22H31N5O3/c1-4-13-27-22(30)18-11-6-5-10-17(18)20(25-27)21(29)24-23-19(28)12-14-26-15(2)8-7-9-16(26)3/h5-6,10-11,15-16H,4,7-9,12-14H2,1-3H3,(H,23,28)(H,24,29)/t15-,16+. The second-order valence-corrected chi connectivity index (χ2v) is 8.04. The second-order valence-electron chi connectivity index (χ2n) is 8.04. The SMILES string of the molecule is CCCn1nc(C(=O)NNC(=O)CCN2[C@H](C)CCC[C@@H]2C)c2ccccc2c1=O. The number of benzene rings is 1. The van der Waals surface area contributed by atoms with Crippen LogP contribution in [0.25, 0.3) is 10.8 Å². The molecule has 2 atom stereocenters. The van der Waals surface area contributed by atoms with Crippen LogP contribution in [0.5, 0.6) is 0 Å². The lowest BCUT2D eigenvalue weighted by Crippen LogP contribution is -2.47. The smallest absolute Gasteiger partial charge is 0.290 e. The van der Waals surface area contributed by atoms with Gasteiger partial charge in [0.05, 0.1) is 5.39 Å². The van der Waals surface area contributed by atoms with E-state index in [1.54, 1.807) is 24.3 Å². The second kappa shape index (κ2) is 9.84. The van der Waals surface area contributed by atoms with Crippen LogP contribution in [0.2, 0.25) is 0 Å². The molecule has 8 nitrogen and oxygen atoms in total. The Balaban J connectivity index is 1.66. The van der Waals surface area contributed by atoms with E-state index in [9.17, 15) is 14.4 Å². The lowest BCUT2D eigenvalue weighted by Gasteiger charge is -2.38. The molecular weight excluding hydrogens is 382 g/mol. The highest BCUT2D eigenvalue weighted by Gasteiger charge is 2.25. The maximum Gasteiger partial charge on any atom is 0.290 e. The Bertz CT molecular complexity index is 961. The molecule has 1 aromatic heterocycles. The fourth-order valence-corrected chi connectivity index (χ4v) is 4.16. The van der Waals surface area contributed by atoms with Crippen molar-refractivity contribution in [1.29, 1.82) is 0 Å². The van der Waals surface area contributed by atoms with Crippen molar-refractivity contribution in [2.75, 3.05) is 6.54 Å². The molecule has 2 heterocycles. The summed E-state index contributed by atoms with van der Waals surface area (Å²) >= 11 is 0. The summed E-state index contributed by atoms with van der Waals surface area (Å²) in [6.07, 6.45) is 4.54. The van der Waals surface area contributed by atoms with Crippen molar-refractivity contribution < 1.29 is 9.59 Å². The third-order valence-electron chi connectivity index (χ3n) is 5.81. The predicted molar refractivity (Wildman–Crippen MR) is 116 cm³/mol. The minimum absolute atomic E-state index is 0.122. The number of carbonyl (C=O) groups excluding carboxylic acids is 2. The third kappa shape index (κ3) is 4.87. The van der Waals surface area contributed by atoms with Gasteiger partial charge in [0.15, 0.2) is 5.69 Å². The van der Waals surface area contributed by atoms with Crippen LogP contribution in [-0.2, 0) is 11.3 Å². The van der Waals surface area contributed by atoms with Crippen molar-refractivity contribution in [3.05, 3.63) is 40.3 Å². The van der Waals surface area contributed by atoms with Gasteiger partial charge in [0, 0.05) is 37.0 Å². The molecule has 1 aliphatic rings. The number of nitrogens with one attached hydrogen (secondary N) is 2. The van der Waals surface area contributed by atoms with E-state index in [0.717, 1.165) is 19.3 Å². The number of hydrogen-bond acceptors (Lipinski definition) is 5. The number of hydrogen-bond donors (Lipinski definition) is 2. The van der Waals surface area contributed by atoms with Gasteiger partial charge >= 0.3 is 0 Å². The van der Waals surface area contributed by atoms with Crippen molar-refractivity contribution in [2.24, 2.45) is 0 Å². The first-order valence-electron chi connectivity index (χ1n) is 10.8. The van der Waals surface area contributed by atoms with E-state index < -0.39 is 5.91 Å². The molecule has 1 fully saturated rings. The number of rotatable bonds is 6. The summed E-state index contributed by atoms with van der Waals surface area (Å²) in [4.78, 5) is 39.9. The summed E-state index contributed by atoms with van der Waals surface area (Å²) in [5.74, 6) is -0.788. The molecular formula is C22H31N5O3. The summed E-state index contributed by atoms with van der Waals surface area (Å²) in [7, 11) is 0. The van der Waals surface area contributed by atoms with E-state index >= 15 is 0 Å². The zero-order valence-corrected chi connectivity index (χ0v) is 18.0. The monoisotopic (exact) mass is 413 g/mol. The Labute approximate surface area is 176 Å². The third-order valence-corrected chi connectivity index (χ3v) is 5.81. The van der Waals surface area contributed by atoms with Gasteiger partial charge in [0.2, 0.25) is 5.91 Å². The number of piperidine rings is 1. The molecule has 0 bridgehead atoms. The normalized spacial score (nSPS) is 19.6. The largest absolute Gasteiger partial charge is 0.297 e. The van der Waals surface area contributed by atoms with E-state index in [1.807, 2.05) is 6.92 Å². The molecule has 3 rings (SSSR count). The van der Waals surface area contributed by atoms with Gasteiger partial charge < -0.3 is 0 Å². The molecule has 0 unspecified atom stereocenters. The van der Waals surface area contributed by atoms with Gasteiger partial charge in [-0.2, -0.15) is 5.10 Å². The summed E-state index contributed by atoms with van der Waals surface area (Å²) in [5.41, 5.74) is 4.84.